The molecule has 1 heterocycles. The van der Waals surface area contributed by atoms with Crippen LogP contribution in [0.3, 0.4) is 0 Å². The number of carbonyl (C=O) groups is 2. The summed E-state index contributed by atoms with van der Waals surface area (Å²) in [6.45, 7) is 5.39. The first-order valence-corrected chi connectivity index (χ1v) is 4.83. The van der Waals surface area contributed by atoms with Gasteiger partial charge in [-0.3, -0.25) is 0 Å². The summed E-state index contributed by atoms with van der Waals surface area (Å²) < 4.78 is 14.5. The molecule has 0 bridgehead atoms. The van der Waals surface area contributed by atoms with Crippen molar-refractivity contribution in [2.24, 2.45) is 0 Å². The zero-order valence-electron chi connectivity index (χ0n) is 8.60. The molecule has 0 amide bonds. The Labute approximate surface area is 88.0 Å². The summed E-state index contributed by atoms with van der Waals surface area (Å²) in [4.78, 5) is 21.7. The van der Waals surface area contributed by atoms with Crippen molar-refractivity contribution in [3.63, 3.8) is 0 Å². The van der Waals surface area contributed by atoms with E-state index in [1.165, 1.54) is 0 Å². The zero-order valence-corrected chi connectivity index (χ0v) is 8.60. The van der Waals surface area contributed by atoms with Crippen molar-refractivity contribution in [3.8, 4) is 0 Å². The van der Waals surface area contributed by atoms with E-state index in [0.29, 0.717) is 6.42 Å². The first kappa shape index (κ1) is 11.6. The van der Waals surface area contributed by atoms with Crippen molar-refractivity contribution in [2.75, 3.05) is 6.61 Å². The van der Waals surface area contributed by atoms with Crippen LogP contribution in [-0.4, -0.2) is 30.9 Å². The van der Waals surface area contributed by atoms with Crippen LogP contribution >= 0.6 is 0 Å². The minimum atomic E-state index is -0.712. The number of ether oxygens (including phenoxy) is 3. The summed E-state index contributed by atoms with van der Waals surface area (Å²) >= 11 is 0. The van der Waals surface area contributed by atoms with Crippen molar-refractivity contribution in [2.45, 2.75) is 32.0 Å². The van der Waals surface area contributed by atoms with Crippen LogP contribution in [0, 0.1) is 0 Å². The van der Waals surface area contributed by atoms with E-state index in [2.05, 4.69) is 11.3 Å². The summed E-state index contributed by atoms with van der Waals surface area (Å²) in [6, 6.07) is 0. The number of rotatable bonds is 5. The first-order chi connectivity index (χ1) is 7.17. The fourth-order valence-electron chi connectivity index (χ4n) is 1.33. The van der Waals surface area contributed by atoms with Crippen LogP contribution in [0.2, 0.25) is 0 Å². The maximum absolute atomic E-state index is 11.0. The molecule has 5 nitrogen and oxygen atoms in total. The predicted octanol–water partition coefficient (Wildman–Crippen LogP) is 1.42. The predicted molar refractivity (Wildman–Crippen MR) is 51.2 cm³/mol. The standard InChI is InChI=1S/C10H14O5/c1-3-5-7(14-9(11)4-2)8-6-13-10(12)15-8/h4,7-8H,2-3,5-6H2,1H3. The summed E-state index contributed by atoms with van der Waals surface area (Å²) in [6.07, 6.45) is 0.869. The highest BCUT2D eigenvalue weighted by Gasteiger charge is 2.34. The Morgan fingerprint density at radius 3 is 3.00 bits per heavy atom. The van der Waals surface area contributed by atoms with Gasteiger partial charge in [-0.2, -0.15) is 0 Å². The minimum Gasteiger partial charge on any atom is -0.455 e. The van der Waals surface area contributed by atoms with Gasteiger partial charge in [0.25, 0.3) is 0 Å². The van der Waals surface area contributed by atoms with E-state index >= 15 is 0 Å². The maximum Gasteiger partial charge on any atom is 0.508 e. The molecule has 0 aromatic heterocycles. The second kappa shape index (κ2) is 5.38. The van der Waals surface area contributed by atoms with Gasteiger partial charge in [-0.15, -0.1) is 0 Å². The topological polar surface area (TPSA) is 61.8 Å². The minimum absolute atomic E-state index is 0.133. The quantitative estimate of drug-likeness (QED) is 0.511. The lowest BCUT2D eigenvalue weighted by molar-refractivity contribution is -0.148. The average molecular weight is 214 g/mol. The Morgan fingerprint density at radius 1 is 1.80 bits per heavy atom. The molecule has 0 spiro atoms. The molecule has 84 valence electrons. The SMILES string of the molecule is C=CC(=O)OC(CCC)C1COC(=O)O1. The van der Waals surface area contributed by atoms with E-state index in [-0.39, 0.29) is 6.61 Å². The molecule has 0 aromatic carbocycles. The number of cyclic esters (lactones) is 2. The van der Waals surface area contributed by atoms with Gasteiger partial charge in [0.1, 0.15) is 12.7 Å². The average Bonchev–Trinajstić information content (AvgIpc) is 2.64. The molecule has 1 fully saturated rings. The molecule has 2 atom stereocenters. The van der Waals surface area contributed by atoms with Gasteiger partial charge >= 0.3 is 12.1 Å². The molecule has 1 aliphatic heterocycles. The number of hydrogen-bond acceptors (Lipinski definition) is 5. The third kappa shape index (κ3) is 3.27. The second-order valence-electron chi connectivity index (χ2n) is 3.19. The monoisotopic (exact) mass is 214 g/mol. The van der Waals surface area contributed by atoms with Gasteiger partial charge in [0.15, 0.2) is 6.10 Å². The molecular weight excluding hydrogens is 200 g/mol. The van der Waals surface area contributed by atoms with Crippen molar-refractivity contribution in [3.05, 3.63) is 12.7 Å². The molecule has 0 aliphatic carbocycles. The second-order valence-corrected chi connectivity index (χ2v) is 3.19. The van der Waals surface area contributed by atoms with E-state index in [4.69, 9.17) is 9.47 Å². The third-order valence-corrected chi connectivity index (χ3v) is 2.04. The van der Waals surface area contributed by atoms with E-state index < -0.39 is 24.3 Å². The highest BCUT2D eigenvalue weighted by molar-refractivity contribution is 5.81. The van der Waals surface area contributed by atoms with Gasteiger partial charge in [-0.25, -0.2) is 9.59 Å². The van der Waals surface area contributed by atoms with Crippen molar-refractivity contribution < 1.29 is 23.8 Å². The van der Waals surface area contributed by atoms with E-state index in [1.54, 1.807) is 0 Å². The molecular formula is C10H14O5. The van der Waals surface area contributed by atoms with Crippen LogP contribution in [0.1, 0.15) is 19.8 Å². The fourth-order valence-corrected chi connectivity index (χ4v) is 1.33. The van der Waals surface area contributed by atoms with Crippen LogP contribution in [0.4, 0.5) is 4.79 Å². The lowest BCUT2D eigenvalue weighted by Gasteiger charge is -2.19. The molecule has 5 heteroatoms. The van der Waals surface area contributed by atoms with Gasteiger partial charge in [0, 0.05) is 6.08 Å². The lowest BCUT2D eigenvalue weighted by atomic mass is 10.1. The Hall–Kier alpha value is -1.52. The highest BCUT2D eigenvalue weighted by Crippen LogP contribution is 2.17. The van der Waals surface area contributed by atoms with Crippen LogP contribution in [0.15, 0.2) is 12.7 Å². The Kier molecular flexibility index (Phi) is 4.15. The summed E-state index contributed by atoms with van der Waals surface area (Å²) in [7, 11) is 0. The van der Waals surface area contributed by atoms with Gasteiger partial charge in [-0.05, 0) is 6.42 Å². The molecule has 0 saturated carbocycles. The highest BCUT2D eigenvalue weighted by atomic mass is 16.8. The summed E-state index contributed by atoms with van der Waals surface area (Å²) in [5.74, 6) is -0.517. The zero-order chi connectivity index (χ0) is 11.3. The fraction of sp³-hybridized carbons (Fsp3) is 0.600. The van der Waals surface area contributed by atoms with Crippen LogP contribution in [0.25, 0.3) is 0 Å². The molecule has 0 radical (unpaired) electrons. The maximum atomic E-state index is 11.0. The van der Waals surface area contributed by atoms with Crippen LogP contribution < -0.4 is 0 Å². The summed E-state index contributed by atoms with van der Waals surface area (Å²) in [5, 5.41) is 0. The van der Waals surface area contributed by atoms with Gasteiger partial charge in [0.2, 0.25) is 0 Å². The van der Waals surface area contributed by atoms with E-state index in [1.807, 2.05) is 6.92 Å². The summed E-state index contributed by atoms with van der Waals surface area (Å²) in [5.41, 5.74) is 0. The van der Waals surface area contributed by atoms with Crippen LogP contribution in [-0.2, 0) is 19.0 Å². The Bertz CT molecular complexity index is 261. The van der Waals surface area contributed by atoms with Crippen LogP contribution in [0.5, 0.6) is 0 Å². The third-order valence-electron chi connectivity index (χ3n) is 2.04. The molecule has 0 aromatic rings. The van der Waals surface area contributed by atoms with Crippen molar-refractivity contribution in [1.29, 1.82) is 0 Å². The Morgan fingerprint density at radius 2 is 2.53 bits per heavy atom. The molecule has 1 saturated heterocycles. The van der Waals surface area contributed by atoms with Gasteiger partial charge in [-0.1, -0.05) is 19.9 Å². The van der Waals surface area contributed by atoms with Crippen molar-refractivity contribution in [1.82, 2.24) is 0 Å². The van der Waals surface area contributed by atoms with E-state index in [0.717, 1.165) is 12.5 Å². The largest absolute Gasteiger partial charge is 0.508 e. The van der Waals surface area contributed by atoms with Gasteiger partial charge < -0.3 is 14.2 Å². The number of carbonyl (C=O) groups excluding carboxylic acids is 2. The smallest absolute Gasteiger partial charge is 0.455 e. The first-order valence-electron chi connectivity index (χ1n) is 4.83. The molecule has 0 N–H and O–H groups in total. The number of hydrogen-bond donors (Lipinski definition) is 0. The molecule has 15 heavy (non-hydrogen) atoms. The Balaban J connectivity index is 2.52. The number of esters is 1. The molecule has 1 rings (SSSR count). The van der Waals surface area contributed by atoms with Gasteiger partial charge in [0.05, 0.1) is 0 Å². The normalized spacial score (nSPS) is 21.4. The van der Waals surface area contributed by atoms with E-state index in [9.17, 15) is 9.59 Å². The molecule has 1 aliphatic rings. The lowest BCUT2D eigenvalue weighted by Crippen LogP contribution is -2.32. The van der Waals surface area contributed by atoms with Crippen molar-refractivity contribution >= 4 is 12.1 Å². The molecule has 2 unspecified atom stereocenters.